The van der Waals surface area contributed by atoms with Gasteiger partial charge in [0.2, 0.25) is 0 Å². The van der Waals surface area contributed by atoms with Gasteiger partial charge in [-0.3, -0.25) is 19.3 Å². The molecule has 3 amide bonds. The van der Waals surface area contributed by atoms with Crippen molar-refractivity contribution in [3.63, 3.8) is 0 Å². The van der Waals surface area contributed by atoms with Crippen LogP contribution in [0.1, 0.15) is 63.1 Å². The lowest BCUT2D eigenvalue weighted by Gasteiger charge is -2.29. The maximum atomic E-state index is 13.4. The van der Waals surface area contributed by atoms with Crippen LogP contribution in [0.4, 0.5) is 5.69 Å². The molecular weight excluding hydrogens is 468 g/mol. The average Bonchev–Trinajstić information content (AvgIpc) is 3.41. The second kappa shape index (κ2) is 9.36. The largest absolute Gasteiger partial charge is 0.308 e. The molecule has 0 saturated carbocycles. The minimum atomic E-state index is -0.282. The van der Waals surface area contributed by atoms with E-state index in [0.29, 0.717) is 29.0 Å². The molecule has 0 saturated heterocycles. The first kappa shape index (κ1) is 23.9. The second-order valence-corrected chi connectivity index (χ2v) is 11.0. The lowest BCUT2D eigenvalue weighted by atomic mass is 9.87. The number of imide groups is 1. The van der Waals surface area contributed by atoms with E-state index in [4.69, 9.17) is 0 Å². The average molecular weight is 497 g/mol. The first-order valence-corrected chi connectivity index (χ1v) is 13.0. The van der Waals surface area contributed by atoms with E-state index in [2.05, 4.69) is 32.9 Å². The predicted octanol–water partition coefficient (Wildman–Crippen LogP) is 6.53. The fraction of sp³-hybridized carbons (Fsp3) is 0.233. The number of benzene rings is 3. The van der Waals surface area contributed by atoms with Crippen molar-refractivity contribution < 1.29 is 14.4 Å². The van der Waals surface area contributed by atoms with E-state index in [-0.39, 0.29) is 29.7 Å². The predicted molar refractivity (Wildman–Crippen MR) is 145 cm³/mol. The Labute approximate surface area is 215 Å². The summed E-state index contributed by atoms with van der Waals surface area (Å²) in [7, 11) is 0. The van der Waals surface area contributed by atoms with Gasteiger partial charge in [-0.2, -0.15) is 0 Å². The molecular formula is C30H28N2O3S. The highest BCUT2D eigenvalue weighted by Gasteiger charge is 2.32. The summed E-state index contributed by atoms with van der Waals surface area (Å²) >= 11 is 1.40. The Hall–Kier alpha value is -3.77. The van der Waals surface area contributed by atoms with Crippen LogP contribution in [0.3, 0.4) is 0 Å². The summed E-state index contributed by atoms with van der Waals surface area (Å²) < 4.78 is 0. The minimum Gasteiger partial charge on any atom is -0.308 e. The Morgan fingerprint density at radius 1 is 0.861 bits per heavy atom. The van der Waals surface area contributed by atoms with Crippen molar-refractivity contribution in [3.05, 3.63) is 99.7 Å². The third-order valence-electron chi connectivity index (χ3n) is 6.64. The van der Waals surface area contributed by atoms with Crippen LogP contribution in [0.5, 0.6) is 0 Å². The van der Waals surface area contributed by atoms with Gasteiger partial charge in [-0.1, -0.05) is 63.2 Å². The summed E-state index contributed by atoms with van der Waals surface area (Å²) in [6.45, 7) is 7.08. The van der Waals surface area contributed by atoms with E-state index in [1.807, 2.05) is 53.9 Å². The Morgan fingerprint density at radius 3 is 2.06 bits per heavy atom. The van der Waals surface area contributed by atoms with Gasteiger partial charge in [0, 0.05) is 35.3 Å². The Balaban J connectivity index is 1.37. The van der Waals surface area contributed by atoms with Gasteiger partial charge in [-0.15, -0.1) is 11.3 Å². The lowest BCUT2D eigenvalue weighted by molar-refractivity contribution is 0.0610. The third-order valence-corrected chi connectivity index (χ3v) is 7.50. The zero-order chi connectivity index (χ0) is 25.4. The van der Waals surface area contributed by atoms with Crippen LogP contribution in [0.15, 0.2) is 78.2 Å². The van der Waals surface area contributed by atoms with E-state index in [1.54, 1.807) is 17.0 Å². The molecule has 1 aliphatic rings. The van der Waals surface area contributed by atoms with Gasteiger partial charge in [-0.05, 0) is 58.5 Å². The number of anilines is 1. The molecule has 36 heavy (non-hydrogen) atoms. The normalized spacial score (nSPS) is 13.4. The van der Waals surface area contributed by atoms with Gasteiger partial charge >= 0.3 is 0 Å². The Bertz CT molecular complexity index is 1400. The molecule has 0 aliphatic carbocycles. The molecule has 1 aromatic heterocycles. The molecule has 3 aromatic carbocycles. The maximum absolute atomic E-state index is 13.4. The second-order valence-electron chi connectivity index (χ2n) is 10.1. The van der Waals surface area contributed by atoms with E-state index in [1.165, 1.54) is 21.8 Å². The van der Waals surface area contributed by atoms with E-state index in [9.17, 15) is 14.4 Å². The fourth-order valence-electron chi connectivity index (χ4n) is 4.69. The van der Waals surface area contributed by atoms with E-state index >= 15 is 0 Å². The molecule has 0 N–H and O–H groups in total. The van der Waals surface area contributed by atoms with Crippen LogP contribution in [0.2, 0.25) is 0 Å². The molecule has 1 aliphatic heterocycles. The smallest absolute Gasteiger partial charge is 0.268 e. The van der Waals surface area contributed by atoms with E-state index < -0.39 is 0 Å². The summed E-state index contributed by atoms with van der Waals surface area (Å²) in [5.41, 5.74) is 3.09. The number of carbonyl (C=O) groups excluding carboxylic acids is 3. The summed E-state index contributed by atoms with van der Waals surface area (Å²) in [6.07, 6.45) is 0.466. The Kier molecular flexibility index (Phi) is 6.22. The number of rotatable bonds is 6. The van der Waals surface area contributed by atoms with Crippen LogP contribution in [0.25, 0.3) is 10.8 Å². The van der Waals surface area contributed by atoms with Gasteiger partial charge in [0.05, 0.1) is 4.88 Å². The summed E-state index contributed by atoms with van der Waals surface area (Å²) in [6, 6.07) is 22.8. The molecule has 0 spiro atoms. The van der Waals surface area contributed by atoms with Crippen molar-refractivity contribution in [2.24, 2.45) is 0 Å². The van der Waals surface area contributed by atoms with Crippen LogP contribution in [-0.4, -0.2) is 35.7 Å². The molecule has 2 heterocycles. The zero-order valence-electron chi connectivity index (χ0n) is 20.7. The highest BCUT2D eigenvalue weighted by Crippen LogP contribution is 2.30. The van der Waals surface area contributed by atoms with Gasteiger partial charge in [-0.25, -0.2) is 0 Å². The van der Waals surface area contributed by atoms with Crippen LogP contribution >= 0.6 is 11.3 Å². The number of hydrogen-bond donors (Lipinski definition) is 0. The number of carbonyl (C=O) groups is 3. The SMILES string of the molecule is CC(C)(C)c1ccc(N(CCCN2C(=O)c3cccc4cccc(c34)C2=O)C(=O)c2cccs2)cc1. The monoisotopic (exact) mass is 496 g/mol. The Morgan fingerprint density at radius 2 is 1.50 bits per heavy atom. The maximum Gasteiger partial charge on any atom is 0.268 e. The number of amides is 3. The van der Waals surface area contributed by atoms with Crippen molar-refractivity contribution in [1.82, 2.24) is 4.90 Å². The molecule has 0 atom stereocenters. The van der Waals surface area contributed by atoms with Crippen molar-refractivity contribution in [3.8, 4) is 0 Å². The van der Waals surface area contributed by atoms with Crippen molar-refractivity contribution in [2.45, 2.75) is 32.6 Å². The summed E-state index contributed by atoms with van der Waals surface area (Å²) in [4.78, 5) is 43.6. The van der Waals surface area contributed by atoms with Crippen molar-refractivity contribution in [1.29, 1.82) is 0 Å². The molecule has 0 unspecified atom stereocenters. The zero-order valence-corrected chi connectivity index (χ0v) is 21.5. The van der Waals surface area contributed by atoms with Gasteiger partial charge in [0.15, 0.2) is 0 Å². The van der Waals surface area contributed by atoms with Gasteiger partial charge in [0.25, 0.3) is 17.7 Å². The molecule has 182 valence electrons. The van der Waals surface area contributed by atoms with Crippen LogP contribution in [-0.2, 0) is 5.41 Å². The minimum absolute atomic E-state index is 0.00918. The molecule has 0 fully saturated rings. The molecule has 0 radical (unpaired) electrons. The number of hydrogen-bond acceptors (Lipinski definition) is 4. The quantitative estimate of drug-likeness (QED) is 0.285. The highest BCUT2D eigenvalue weighted by molar-refractivity contribution is 7.12. The summed E-state index contributed by atoms with van der Waals surface area (Å²) in [5, 5.41) is 3.49. The van der Waals surface area contributed by atoms with Crippen LogP contribution in [0, 0.1) is 0 Å². The molecule has 0 bridgehead atoms. The first-order chi connectivity index (χ1) is 17.3. The van der Waals surface area contributed by atoms with Crippen molar-refractivity contribution >= 4 is 45.5 Å². The first-order valence-electron chi connectivity index (χ1n) is 12.1. The third kappa shape index (κ3) is 4.33. The standard InChI is InChI=1S/C30H28N2O3S/c1-30(2,3)21-13-15-22(16-14-21)31(29(35)25-12-6-19-36-25)17-7-18-32-27(33)23-10-4-8-20-9-5-11-24(26(20)23)28(32)34/h4-6,8-16,19H,7,17-18H2,1-3H3. The van der Waals surface area contributed by atoms with Gasteiger partial charge < -0.3 is 4.90 Å². The van der Waals surface area contributed by atoms with Crippen LogP contribution < -0.4 is 4.90 Å². The van der Waals surface area contributed by atoms with Gasteiger partial charge in [0.1, 0.15) is 0 Å². The van der Waals surface area contributed by atoms with Crippen molar-refractivity contribution in [2.75, 3.05) is 18.0 Å². The molecule has 5 rings (SSSR count). The lowest BCUT2D eigenvalue weighted by Crippen LogP contribution is -2.42. The fourth-order valence-corrected chi connectivity index (χ4v) is 5.36. The highest BCUT2D eigenvalue weighted by atomic mass is 32.1. The molecule has 6 heteroatoms. The number of thiophene rings is 1. The topological polar surface area (TPSA) is 57.7 Å². The molecule has 4 aromatic rings. The molecule has 5 nitrogen and oxygen atoms in total. The van der Waals surface area contributed by atoms with E-state index in [0.717, 1.165) is 16.5 Å². The number of nitrogens with zero attached hydrogens (tertiary/aromatic N) is 2. The summed E-state index contributed by atoms with van der Waals surface area (Å²) in [5.74, 6) is -0.648.